The first kappa shape index (κ1) is 17.0. The molecule has 28 heavy (non-hydrogen) atoms. The first-order valence-electron chi connectivity index (χ1n) is 8.97. The summed E-state index contributed by atoms with van der Waals surface area (Å²) in [6.07, 6.45) is 4.30. The van der Waals surface area contributed by atoms with E-state index in [1.807, 2.05) is 18.5 Å². The minimum absolute atomic E-state index is 0.153. The van der Waals surface area contributed by atoms with Gasteiger partial charge in [0.15, 0.2) is 5.65 Å². The van der Waals surface area contributed by atoms with E-state index in [1.54, 1.807) is 16.9 Å². The SMILES string of the molecule is FC(F)(F)CCNc1ncc2c(-c3ccn4ncc(C5CC5)c4n3)c[nH]c2n1. The van der Waals surface area contributed by atoms with Crippen LogP contribution < -0.4 is 5.32 Å². The Morgan fingerprint density at radius 2 is 2.07 bits per heavy atom. The zero-order valence-corrected chi connectivity index (χ0v) is 14.7. The molecule has 144 valence electrons. The van der Waals surface area contributed by atoms with E-state index in [2.05, 4.69) is 25.4 Å². The molecule has 5 rings (SSSR count). The number of aromatic nitrogens is 6. The normalized spacial score (nSPS) is 14.8. The largest absolute Gasteiger partial charge is 0.390 e. The Morgan fingerprint density at radius 1 is 1.21 bits per heavy atom. The van der Waals surface area contributed by atoms with E-state index in [9.17, 15) is 13.2 Å². The number of nitrogens with one attached hydrogen (secondary N) is 2. The van der Waals surface area contributed by atoms with Crippen molar-refractivity contribution in [3.8, 4) is 11.3 Å². The third kappa shape index (κ3) is 3.14. The number of fused-ring (bicyclic) bond motifs is 2. The van der Waals surface area contributed by atoms with Crippen LogP contribution in [0.25, 0.3) is 27.9 Å². The molecule has 2 N–H and O–H groups in total. The number of halogens is 3. The molecule has 4 aromatic rings. The van der Waals surface area contributed by atoms with Gasteiger partial charge in [-0.05, 0) is 24.8 Å². The molecule has 4 aromatic heterocycles. The summed E-state index contributed by atoms with van der Waals surface area (Å²) in [6, 6.07) is 1.87. The Hall–Kier alpha value is -3.17. The molecule has 0 amide bonds. The molecular formula is C18H16F3N7. The minimum atomic E-state index is -4.21. The lowest BCUT2D eigenvalue weighted by molar-refractivity contribution is -0.131. The molecule has 0 radical (unpaired) electrons. The summed E-state index contributed by atoms with van der Waals surface area (Å²) in [5.74, 6) is 0.692. The lowest BCUT2D eigenvalue weighted by Gasteiger charge is -2.07. The third-order valence-corrected chi connectivity index (χ3v) is 4.81. The van der Waals surface area contributed by atoms with E-state index in [1.165, 1.54) is 0 Å². The fourth-order valence-corrected chi connectivity index (χ4v) is 3.24. The van der Waals surface area contributed by atoms with E-state index in [-0.39, 0.29) is 12.5 Å². The number of rotatable bonds is 5. The van der Waals surface area contributed by atoms with Crippen molar-refractivity contribution < 1.29 is 13.2 Å². The summed E-state index contributed by atoms with van der Waals surface area (Å²) in [5.41, 5.74) is 4.15. The number of hydrogen-bond donors (Lipinski definition) is 2. The van der Waals surface area contributed by atoms with Gasteiger partial charge in [-0.25, -0.2) is 14.5 Å². The number of H-pyrrole nitrogens is 1. The van der Waals surface area contributed by atoms with E-state index in [4.69, 9.17) is 4.98 Å². The van der Waals surface area contributed by atoms with Gasteiger partial charge in [0.05, 0.1) is 18.3 Å². The molecule has 0 bridgehead atoms. The number of hydrogen-bond acceptors (Lipinski definition) is 5. The van der Waals surface area contributed by atoms with Crippen LogP contribution in [-0.4, -0.2) is 42.3 Å². The van der Waals surface area contributed by atoms with Crippen molar-refractivity contribution in [2.75, 3.05) is 11.9 Å². The van der Waals surface area contributed by atoms with Gasteiger partial charge < -0.3 is 10.3 Å². The zero-order chi connectivity index (χ0) is 19.3. The van der Waals surface area contributed by atoms with Gasteiger partial charge in [-0.3, -0.25) is 0 Å². The predicted octanol–water partition coefficient (Wildman–Crippen LogP) is 3.91. The lowest BCUT2D eigenvalue weighted by Crippen LogP contribution is -2.15. The number of nitrogens with zero attached hydrogens (tertiary/aromatic N) is 5. The highest BCUT2D eigenvalue weighted by molar-refractivity contribution is 5.92. The van der Waals surface area contributed by atoms with Gasteiger partial charge in [0.25, 0.3) is 0 Å². The van der Waals surface area contributed by atoms with Crippen LogP contribution in [0.15, 0.2) is 30.9 Å². The molecule has 0 unspecified atom stereocenters. The van der Waals surface area contributed by atoms with Gasteiger partial charge in [0.2, 0.25) is 5.95 Å². The Labute approximate surface area is 157 Å². The van der Waals surface area contributed by atoms with Crippen molar-refractivity contribution in [3.63, 3.8) is 0 Å². The molecule has 0 aromatic carbocycles. The molecule has 0 saturated heterocycles. The molecule has 1 aliphatic rings. The number of alkyl halides is 3. The standard InChI is InChI=1S/C18H16F3N7/c19-18(20,21)4-5-22-17-24-8-13-12(7-23-15(13)27-17)14-3-6-28-16(26-14)11(9-25-28)10-1-2-10/h3,6-10H,1-2,4-5H2,(H2,22,23,24,27). The molecule has 0 atom stereocenters. The summed E-state index contributed by atoms with van der Waals surface area (Å²) in [5, 5.41) is 7.71. The third-order valence-electron chi connectivity index (χ3n) is 4.81. The van der Waals surface area contributed by atoms with Crippen molar-refractivity contribution >= 4 is 22.6 Å². The fraction of sp³-hybridized carbons (Fsp3) is 0.333. The van der Waals surface area contributed by atoms with Crippen LogP contribution in [0.4, 0.5) is 19.1 Å². The van der Waals surface area contributed by atoms with Crippen molar-refractivity contribution in [1.29, 1.82) is 0 Å². The number of aromatic amines is 1. The van der Waals surface area contributed by atoms with Crippen LogP contribution in [0, 0.1) is 0 Å². The molecule has 1 aliphatic carbocycles. The second kappa shape index (κ2) is 6.18. The second-order valence-corrected chi connectivity index (χ2v) is 6.91. The van der Waals surface area contributed by atoms with Crippen LogP contribution in [0.3, 0.4) is 0 Å². The first-order chi connectivity index (χ1) is 13.5. The summed E-state index contributed by atoms with van der Waals surface area (Å²) in [4.78, 5) is 16.2. The predicted molar refractivity (Wildman–Crippen MR) is 97.0 cm³/mol. The van der Waals surface area contributed by atoms with Gasteiger partial charge in [0, 0.05) is 41.6 Å². The summed E-state index contributed by atoms with van der Waals surface area (Å²) >= 11 is 0. The molecule has 1 fully saturated rings. The van der Waals surface area contributed by atoms with Crippen LogP contribution in [0.5, 0.6) is 0 Å². The Morgan fingerprint density at radius 3 is 2.86 bits per heavy atom. The molecule has 1 saturated carbocycles. The van der Waals surface area contributed by atoms with Crippen molar-refractivity contribution in [2.45, 2.75) is 31.4 Å². The van der Waals surface area contributed by atoms with Crippen LogP contribution in [0.2, 0.25) is 0 Å². The average Bonchev–Trinajstić information content (AvgIpc) is 3.27. The molecule has 4 heterocycles. The fourth-order valence-electron chi connectivity index (χ4n) is 3.24. The van der Waals surface area contributed by atoms with Gasteiger partial charge in [0.1, 0.15) is 5.65 Å². The van der Waals surface area contributed by atoms with E-state index in [0.717, 1.165) is 40.7 Å². The summed E-state index contributed by atoms with van der Waals surface area (Å²) < 4.78 is 38.6. The maximum Gasteiger partial charge on any atom is 0.390 e. The maximum absolute atomic E-state index is 12.3. The first-order valence-corrected chi connectivity index (χ1v) is 8.97. The molecule has 0 aliphatic heterocycles. The van der Waals surface area contributed by atoms with E-state index < -0.39 is 12.6 Å². The molecular weight excluding hydrogens is 371 g/mol. The van der Waals surface area contributed by atoms with Crippen LogP contribution in [0.1, 0.15) is 30.7 Å². The second-order valence-electron chi connectivity index (χ2n) is 6.91. The Bertz CT molecular complexity index is 1160. The van der Waals surface area contributed by atoms with Crippen LogP contribution in [-0.2, 0) is 0 Å². The summed E-state index contributed by atoms with van der Waals surface area (Å²) in [6.45, 7) is -0.272. The maximum atomic E-state index is 12.3. The highest BCUT2D eigenvalue weighted by atomic mass is 19.4. The van der Waals surface area contributed by atoms with Crippen molar-refractivity contribution in [1.82, 2.24) is 29.5 Å². The Kier molecular flexibility index (Phi) is 3.74. The van der Waals surface area contributed by atoms with Crippen molar-refractivity contribution in [3.05, 3.63) is 36.4 Å². The topological polar surface area (TPSA) is 83.8 Å². The monoisotopic (exact) mass is 387 g/mol. The lowest BCUT2D eigenvalue weighted by atomic mass is 10.1. The molecule has 10 heteroatoms. The van der Waals surface area contributed by atoms with E-state index >= 15 is 0 Å². The summed E-state index contributed by atoms with van der Waals surface area (Å²) in [7, 11) is 0. The van der Waals surface area contributed by atoms with Gasteiger partial charge in [-0.15, -0.1) is 0 Å². The highest BCUT2D eigenvalue weighted by Gasteiger charge is 2.28. The average molecular weight is 387 g/mol. The van der Waals surface area contributed by atoms with Gasteiger partial charge >= 0.3 is 6.18 Å². The van der Waals surface area contributed by atoms with Gasteiger partial charge in [-0.1, -0.05) is 0 Å². The minimum Gasteiger partial charge on any atom is -0.354 e. The van der Waals surface area contributed by atoms with Crippen LogP contribution >= 0.6 is 0 Å². The molecule has 0 spiro atoms. The van der Waals surface area contributed by atoms with Crippen molar-refractivity contribution in [2.24, 2.45) is 0 Å². The van der Waals surface area contributed by atoms with Gasteiger partial charge in [-0.2, -0.15) is 23.3 Å². The zero-order valence-electron chi connectivity index (χ0n) is 14.7. The smallest absolute Gasteiger partial charge is 0.354 e. The molecule has 7 nitrogen and oxygen atoms in total. The number of anilines is 1. The Balaban J connectivity index is 1.45. The van der Waals surface area contributed by atoms with E-state index in [0.29, 0.717) is 11.6 Å². The highest BCUT2D eigenvalue weighted by Crippen LogP contribution is 2.41. The quantitative estimate of drug-likeness (QED) is 0.542.